The zero-order valence-corrected chi connectivity index (χ0v) is 14.5. The standard InChI is InChI=1S/C21H15Cl2N/c1-16(9-11-22)19-7-5-18(6-8-19)14-21(17(2)10-12-23)20-4-3-13-24-15-20/h3-8,13,15,21H,1-2,14H2. The van der Waals surface area contributed by atoms with Crippen LogP contribution < -0.4 is 0 Å². The van der Waals surface area contributed by atoms with E-state index >= 15 is 0 Å². The van der Waals surface area contributed by atoms with Crippen molar-refractivity contribution in [1.29, 1.82) is 0 Å². The van der Waals surface area contributed by atoms with E-state index in [9.17, 15) is 0 Å². The molecule has 1 heterocycles. The molecule has 0 aliphatic heterocycles. The van der Waals surface area contributed by atoms with Crippen LogP contribution >= 0.6 is 23.2 Å². The molecule has 3 heteroatoms. The van der Waals surface area contributed by atoms with Crippen molar-refractivity contribution in [3.63, 3.8) is 0 Å². The van der Waals surface area contributed by atoms with Gasteiger partial charge in [0, 0.05) is 40.2 Å². The van der Waals surface area contributed by atoms with Crippen molar-refractivity contribution in [2.45, 2.75) is 12.3 Å². The maximum Gasteiger partial charge on any atom is 0.0306 e. The number of hydrogen-bond donors (Lipinski definition) is 0. The summed E-state index contributed by atoms with van der Waals surface area (Å²) in [4.78, 5) is 4.19. The molecule has 0 amide bonds. The second-order valence-corrected chi connectivity index (χ2v) is 5.56. The Kier molecular flexibility index (Phi) is 6.71. The molecule has 1 nitrogen and oxygen atoms in total. The normalized spacial score (nSPS) is 10.6. The van der Waals surface area contributed by atoms with Crippen LogP contribution in [0.15, 0.2) is 67.5 Å². The molecule has 1 atom stereocenters. The van der Waals surface area contributed by atoms with Gasteiger partial charge >= 0.3 is 0 Å². The molecule has 0 saturated carbocycles. The lowest BCUT2D eigenvalue weighted by molar-refractivity contribution is 0.807. The third-order valence-corrected chi connectivity index (χ3v) is 3.84. The van der Waals surface area contributed by atoms with Gasteiger partial charge in [0.15, 0.2) is 0 Å². The van der Waals surface area contributed by atoms with Crippen molar-refractivity contribution in [2.24, 2.45) is 0 Å². The highest BCUT2D eigenvalue weighted by Crippen LogP contribution is 2.27. The fraction of sp³-hybridized carbons (Fsp3) is 0.0952. The van der Waals surface area contributed by atoms with Crippen LogP contribution in [-0.4, -0.2) is 4.98 Å². The molecule has 2 rings (SSSR count). The molecule has 0 aliphatic rings. The molecule has 1 aromatic heterocycles. The predicted molar refractivity (Wildman–Crippen MR) is 103 cm³/mol. The molecule has 2 aromatic rings. The Balaban J connectivity index is 2.26. The highest BCUT2D eigenvalue weighted by atomic mass is 35.5. The zero-order valence-electron chi connectivity index (χ0n) is 13.0. The molecule has 0 bridgehead atoms. The smallest absolute Gasteiger partial charge is 0.0306 e. The summed E-state index contributed by atoms with van der Waals surface area (Å²) in [5, 5.41) is 4.74. The van der Waals surface area contributed by atoms with E-state index in [1.54, 1.807) is 6.20 Å². The topological polar surface area (TPSA) is 12.9 Å². The molecule has 1 aromatic carbocycles. The Bertz CT molecular complexity index is 844. The van der Waals surface area contributed by atoms with Crippen LogP contribution in [0.25, 0.3) is 5.57 Å². The number of allylic oxidation sites excluding steroid dienone is 2. The van der Waals surface area contributed by atoms with Gasteiger partial charge in [-0.2, -0.15) is 0 Å². The van der Waals surface area contributed by atoms with Gasteiger partial charge in [-0.05, 0) is 58.3 Å². The van der Waals surface area contributed by atoms with E-state index in [-0.39, 0.29) is 5.92 Å². The third-order valence-electron chi connectivity index (χ3n) is 3.66. The quantitative estimate of drug-likeness (QED) is 0.659. The molecular formula is C21H15Cl2N. The van der Waals surface area contributed by atoms with Gasteiger partial charge < -0.3 is 0 Å². The summed E-state index contributed by atoms with van der Waals surface area (Å²) in [5.41, 5.74) is 4.61. The monoisotopic (exact) mass is 351 g/mol. The van der Waals surface area contributed by atoms with Crippen molar-refractivity contribution in [2.75, 3.05) is 0 Å². The molecular weight excluding hydrogens is 337 g/mol. The van der Waals surface area contributed by atoms with Gasteiger partial charge in [-0.25, -0.2) is 0 Å². The molecule has 0 radical (unpaired) electrons. The van der Waals surface area contributed by atoms with E-state index in [4.69, 9.17) is 23.2 Å². The lowest BCUT2D eigenvalue weighted by Crippen LogP contribution is -2.05. The summed E-state index contributed by atoms with van der Waals surface area (Å²) in [6, 6.07) is 12.0. The average molecular weight is 352 g/mol. The summed E-state index contributed by atoms with van der Waals surface area (Å²) in [5.74, 6) is 5.63. The van der Waals surface area contributed by atoms with E-state index in [1.807, 2.05) is 42.6 Å². The molecule has 1 unspecified atom stereocenters. The Morgan fingerprint density at radius 1 is 1.04 bits per heavy atom. The lowest BCUT2D eigenvalue weighted by atomic mass is 9.87. The minimum absolute atomic E-state index is 0.0293. The van der Waals surface area contributed by atoms with Crippen LogP contribution in [0, 0.1) is 22.6 Å². The van der Waals surface area contributed by atoms with E-state index < -0.39 is 0 Å². The zero-order chi connectivity index (χ0) is 17.4. The van der Waals surface area contributed by atoms with Crippen molar-refractivity contribution < 1.29 is 0 Å². The summed E-state index contributed by atoms with van der Waals surface area (Å²) >= 11 is 11.0. The number of halogens is 2. The fourth-order valence-corrected chi connectivity index (χ4v) is 2.61. The van der Waals surface area contributed by atoms with Crippen LogP contribution in [0.1, 0.15) is 22.6 Å². The number of benzene rings is 1. The van der Waals surface area contributed by atoms with Gasteiger partial charge in [0.1, 0.15) is 0 Å². The van der Waals surface area contributed by atoms with Crippen LogP contribution in [0.4, 0.5) is 0 Å². The lowest BCUT2D eigenvalue weighted by Gasteiger charge is -2.16. The first kappa shape index (κ1) is 17.9. The molecule has 0 aliphatic carbocycles. The van der Waals surface area contributed by atoms with Gasteiger partial charge in [0.25, 0.3) is 0 Å². The summed E-state index contributed by atoms with van der Waals surface area (Å²) in [6.45, 7) is 7.95. The Morgan fingerprint density at radius 3 is 2.33 bits per heavy atom. The Hall–Kier alpha value is -2.45. The van der Waals surface area contributed by atoms with E-state index in [2.05, 4.69) is 40.7 Å². The van der Waals surface area contributed by atoms with Gasteiger partial charge in [-0.1, -0.05) is 49.4 Å². The molecule has 24 heavy (non-hydrogen) atoms. The first-order valence-electron chi connectivity index (χ1n) is 7.26. The van der Waals surface area contributed by atoms with Crippen molar-refractivity contribution in [3.8, 4) is 22.6 Å². The highest BCUT2D eigenvalue weighted by molar-refractivity contribution is 6.31. The molecule has 0 saturated heterocycles. The van der Waals surface area contributed by atoms with E-state index in [1.165, 1.54) is 0 Å². The van der Waals surface area contributed by atoms with Gasteiger partial charge in [-0.3, -0.25) is 4.98 Å². The predicted octanol–water partition coefficient (Wildman–Crippen LogP) is 5.38. The van der Waals surface area contributed by atoms with Crippen LogP contribution in [0.2, 0.25) is 0 Å². The second kappa shape index (κ2) is 8.99. The first-order chi connectivity index (χ1) is 11.7. The number of aromatic nitrogens is 1. The van der Waals surface area contributed by atoms with Crippen molar-refractivity contribution >= 4 is 28.8 Å². The van der Waals surface area contributed by atoms with Crippen LogP contribution in [0.3, 0.4) is 0 Å². The summed E-state index contributed by atoms with van der Waals surface area (Å²) in [7, 11) is 0. The van der Waals surface area contributed by atoms with Crippen LogP contribution in [-0.2, 0) is 6.42 Å². The number of nitrogens with zero attached hydrogens (tertiary/aromatic N) is 1. The first-order valence-corrected chi connectivity index (χ1v) is 8.01. The molecule has 0 spiro atoms. The van der Waals surface area contributed by atoms with Gasteiger partial charge in [0.2, 0.25) is 0 Å². The third kappa shape index (κ3) is 4.77. The minimum Gasteiger partial charge on any atom is -0.264 e. The van der Waals surface area contributed by atoms with Crippen molar-refractivity contribution in [3.05, 3.63) is 84.2 Å². The maximum absolute atomic E-state index is 5.55. The summed E-state index contributed by atoms with van der Waals surface area (Å²) < 4.78 is 0. The molecule has 0 N–H and O–H groups in total. The van der Waals surface area contributed by atoms with Crippen LogP contribution in [0.5, 0.6) is 0 Å². The fourth-order valence-electron chi connectivity index (χ4n) is 2.38. The average Bonchev–Trinajstić information content (AvgIpc) is 2.61. The maximum atomic E-state index is 5.55. The van der Waals surface area contributed by atoms with Gasteiger partial charge in [-0.15, -0.1) is 0 Å². The SMILES string of the molecule is C=C(C#CCl)c1ccc(CC(C(=C)C#CCl)c2cccnc2)cc1. The molecule has 118 valence electrons. The van der Waals surface area contributed by atoms with E-state index in [0.29, 0.717) is 5.57 Å². The second-order valence-electron chi connectivity index (χ2n) is 5.18. The minimum atomic E-state index is 0.0293. The number of pyridine rings is 1. The Morgan fingerprint density at radius 2 is 1.75 bits per heavy atom. The van der Waals surface area contributed by atoms with Gasteiger partial charge in [0.05, 0.1) is 0 Å². The number of rotatable bonds is 5. The highest BCUT2D eigenvalue weighted by Gasteiger charge is 2.15. The molecule has 0 fully saturated rings. The summed E-state index contributed by atoms with van der Waals surface area (Å²) in [6.07, 6.45) is 4.33. The largest absolute Gasteiger partial charge is 0.264 e. The number of hydrogen-bond acceptors (Lipinski definition) is 1. The van der Waals surface area contributed by atoms with Crippen molar-refractivity contribution in [1.82, 2.24) is 4.98 Å². The Labute approximate surface area is 153 Å². The van der Waals surface area contributed by atoms with E-state index in [0.717, 1.165) is 28.7 Å².